The number of fused-ring (bicyclic) bond motifs is 1. The first kappa shape index (κ1) is 8.19. The molecule has 1 aromatic rings. The van der Waals surface area contributed by atoms with E-state index in [1.54, 1.807) is 0 Å². The fourth-order valence-electron chi connectivity index (χ4n) is 1.89. The summed E-state index contributed by atoms with van der Waals surface area (Å²) in [7, 11) is 0. The van der Waals surface area contributed by atoms with Crippen molar-refractivity contribution in [1.82, 2.24) is 0 Å². The van der Waals surface area contributed by atoms with Gasteiger partial charge in [0, 0.05) is 12.2 Å². The Morgan fingerprint density at radius 2 is 2.23 bits per heavy atom. The fourth-order valence-corrected chi connectivity index (χ4v) is 1.89. The third kappa shape index (κ3) is 1.53. The summed E-state index contributed by atoms with van der Waals surface area (Å²) in [5, 5.41) is 0. The minimum absolute atomic E-state index is 0.733. The molecule has 0 fully saturated rings. The molecule has 0 saturated heterocycles. The summed E-state index contributed by atoms with van der Waals surface area (Å²) in [5.74, 6) is 2.70. The van der Waals surface area contributed by atoms with Gasteiger partial charge in [0.15, 0.2) is 0 Å². The average Bonchev–Trinajstić information content (AvgIpc) is 2.19. The van der Waals surface area contributed by atoms with Crippen LogP contribution in [0.25, 0.3) is 0 Å². The van der Waals surface area contributed by atoms with E-state index in [1.807, 2.05) is 0 Å². The smallest absolute Gasteiger partial charge is 0.0791 e. The molecule has 2 rings (SSSR count). The van der Waals surface area contributed by atoms with E-state index in [0.29, 0.717) is 0 Å². The maximum Gasteiger partial charge on any atom is 0.0791 e. The molecule has 1 aliphatic heterocycles. The highest BCUT2D eigenvalue weighted by atomic mass is 15.1. The molecule has 0 unspecified atom stereocenters. The van der Waals surface area contributed by atoms with Crippen LogP contribution >= 0.6 is 0 Å². The maximum atomic E-state index is 5.32. The average molecular weight is 171 g/mol. The third-order valence-corrected chi connectivity index (χ3v) is 2.49. The minimum atomic E-state index is 0.733. The zero-order valence-corrected chi connectivity index (χ0v) is 7.66. The van der Waals surface area contributed by atoms with E-state index in [0.717, 1.165) is 13.1 Å². The number of aryl methyl sites for hydroxylation is 1. The quantitative estimate of drug-likeness (QED) is 0.585. The first-order valence-electron chi connectivity index (χ1n) is 4.68. The summed E-state index contributed by atoms with van der Waals surface area (Å²) in [6.07, 6.45) is 7.74. The lowest BCUT2D eigenvalue weighted by molar-refractivity contribution is 0.726. The van der Waals surface area contributed by atoms with Crippen molar-refractivity contribution in [2.75, 3.05) is 18.0 Å². The Labute approximate surface area is 79.4 Å². The fraction of sp³-hybridized carbons (Fsp3) is 0.333. The van der Waals surface area contributed by atoms with Crippen molar-refractivity contribution < 1.29 is 0 Å². The molecular weight excluding hydrogens is 158 g/mol. The summed E-state index contributed by atoms with van der Waals surface area (Å²) < 4.78 is 0. The molecule has 0 saturated carbocycles. The second-order valence-electron chi connectivity index (χ2n) is 3.36. The topological polar surface area (TPSA) is 3.24 Å². The predicted octanol–water partition coefficient (Wildman–Crippen LogP) is 2.07. The lowest BCUT2D eigenvalue weighted by Crippen LogP contribution is -2.29. The van der Waals surface area contributed by atoms with Gasteiger partial charge in [-0.05, 0) is 24.5 Å². The zero-order valence-electron chi connectivity index (χ0n) is 7.66. The first-order valence-corrected chi connectivity index (χ1v) is 4.68. The Balaban J connectivity index is 2.32. The Morgan fingerprint density at radius 3 is 3.08 bits per heavy atom. The van der Waals surface area contributed by atoms with Crippen molar-refractivity contribution in [3.8, 4) is 12.3 Å². The van der Waals surface area contributed by atoms with Gasteiger partial charge in [0.05, 0.1) is 6.54 Å². The van der Waals surface area contributed by atoms with Crippen molar-refractivity contribution in [2.45, 2.75) is 12.8 Å². The number of rotatable bonds is 1. The highest BCUT2D eigenvalue weighted by molar-refractivity contribution is 5.56. The molecule has 0 atom stereocenters. The maximum absolute atomic E-state index is 5.32. The molecule has 1 aromatic carbocycles. The summed E-state index contributed by atoms with van der Waals surface area (Å²) in [6.45, 7) is 1.83. The van der Waals surface area contributed by atoms with Crippen LogP contribution in [-0.2, 0) is 6.42 Å². The summed E-state index contributed by atoms with van der Waals surface area (Å²) in [6, 6.07) is 8.52. The van der Waals surface area contributed by atoms with Gasteiger partial charge in [0.2, 0.25) is 0 Å². The molecule has 1 heteroatoms. The van der Waals surface area contributed by atoms with Crippen LogP contribution in [0, 0.1) is 12.3 Å². The SMILES string of the molecule is C#CCN1CCCc2ccccc21. The van der Waals surface area contributed by atoms with E-state index in [2.05, 4.69) is 35.1 Å². The minimum Gasteiger partial charge on any atom is -0.360 e. The molecule has 0 N–H and O–H groups in total. The highest BCUT2D eigenvalue weighted by Crippen LogP contribution is 2.25. The summed E-state index contributed by atoms with van der Waals surface area (Å²) in [4.78, 5) is 2.28. The van der Waals surface area contributed by atoms with E-state index in [1.165, 1.54) is 24.1 Å². The molecule has 1 aliphatic rings. The van der Waals surface area contributed by atoms with Crippen LogP contribution in [0.15, 0.2) is 24.3 Å². The van der Waals surface area contributed by atoms with Gasteiger partial charge in [0.1, 0.15) is 0 Å². The van der Waals surface area contributed by atoms with E-state index in [9.17, 15) is 0 Å². The van der Waals surface area contributed by atoms with Gasteiger partial charge in [-0.1, -0.05) is 24.1 Å². The van der Waals surface area contributed by atoms with Crippen molar-refractivity contribution in [3.05, 3.63) is 29.8 Å². The first-order chi connectivity index (χ1) is 6.42. The van der Waals surface area contributed by atoms with E-state index < -0.39 is 0 Å². The molecule has 0 bridgehead atoms. The Hall–Kier alpha value is -1.42. The molecule has 0 aliphatic carbocycles. The van der Waals surface area contributed by atoms with Crippen molar-refractivity contribution >= 4 is 5.69 Å². The van der Waals surface area contributed by atoms with Gasteiger partial charge in [-0.15, -0.1) is 6.42 Å². The molecule has 0 amide bonds. The van der Waals surface area contributed by atoms with Gasteiger partial charge in [-0.2, -0.15) is 0 Å². The van der Waals surface area contributed by atoms with Crippen molar-refractivity contribution in [1.29, 1.82) is 0 Å². The largest absolute Gasteiger partial charge is 0.360 e. The summed E-state index contributed by atoms with van der Waals surface area (Å²) in [5.41, 5.74) is 2.76. The second-order valence-corrected chi connectivity index (χ2v) is 3.36. The van der Waals surface area contributed by atoms with Crippen LogP contribution in [0.3, 0.4) is 0 Å². The zero-order chi connectivity index (χ0) is 9.10. The molecule has 0 spiro atoms. The number of anilines is 1. The lowest BCUT2D eigenvalue weighted by Gasteiger charge is -2.29. The standard InChI is InChI=1S/C12H13N/c1-2-9-13-10-5-7-11-6-3-4-8-12(11)13/h1,3-4,6,8H,5,7,9-10H2. The van der Waals surface area contributed by atoms with E-state index in [4.69, 9.17) is 6.42 Å². The van der Waals surface area contributed by atoms with E-state index >= 15 is 0 Å². The van der Waals surface area contributed by atoms with E-state index in [-0.39, 0.29) is 0 Å². The van der Waals surface area contributed by atoms with Gasteiger partial charge in [-0.3, -0.25) is 0 Å². The number of para-hydroxylation sites is 1. The van der Waals surface area contributed by atoms with Crippen LogP contribution in [0.4, 0.5) is 5.69 Å². The van der Waals surface area contributed by atoms with Gasteiger partial charge >= 0.3 is 0 Å². The second kappa shape index (κ2) is 3.53. The van der Waals surface area contributed by atoms with Crippen molar-refractivity contribution in [2.24, 2.45) is 0 Å². The van der Waals surface area contributed by atoms with Crippen LogP contribution in [-0.4, -0.2) is 13.1 Å². The van der Waals surface area contributed by atoms with Gasteiger partial charge in [0.25, 0.3) is 0 Å². The molecular formula is C12H13N. The predicted molar refractivity (Wildman–Crippen MR) is 55.8 cm³/mol. The number of terminal acetylenes is 1. The molecule has 0 radical (unpaired) electrons. The van der Waals surface area contributed by atoms with Gasteiger partial charge < -0.3 is 4.90 Å². The Kier molecular flexibility index (Phi) is 2.23. The normalized spacial score (nSPS) is 14.8. The van der Waals surface area contributed by atoms with Gasteiger partial charge in [-0.25, -0.2) is 0 Å². The number of hydrogen-bond donors (Lipinski definition) is 0. The molecule has 66 valence electrons. The Bertz CT molecular complexity index is 335. The highest BCUT2D eigenvalue weighted by Gasteiger charge is 2.14. The van der Waals surface area contributed by atoms with Crippen LogP contribution in [0.2, 0.25) is 0 Å². The summed E-state index contributed by atoms with van der Waals surface area (Å²) >= 11 is 0. The monoisotopic (exact) mass is 171 g/mol. The van der Waals surface area contributed by atoms with Crippen LogP contribution < -0.4 is 4.90 Å². The number of nitrogens with zero attached hydrogens (tertiary/aromatic N) is 1. The van der Waals surface area contributed by atoms with Crippen LogP contribution in [0.5, 0.6) is 0 Å². The molecule has 0 aromatic heterocycles. The van der Waals surface area contributed by atoms with Crippen LogP contribution in [0.1, 0.15) is 12.0 Å². The Morgan fingerprint density at radius 1 is 1.38 bits per heavy atom. The number of hydrogen-bond acceptors (Lipinski definition) is 1. The van der Waals surface area contributed by atoms with Crippen molar-refractivity contribution in [3.63, 3.8) is 0 Å². The molecule has 1 nitrogen and oxygen atoms in total. The third-order valence-electron chi connectivity index (χ3n) is 2.49. The lowest BCUT2D eigenvalue weighted by atomic mass is 10.0. The molecule has 13 heavy (non-hydrogen) atoms. The molecule has 1 heterocycles. The number of benzene rings is 1.